The lowest BCUT2D eigenvalue weighted by molar-refractivity contribution is -0.121. The van der Waals surface area contributed by atoms with Crippen molar-refractivity contribution in [2.45, 2.75) is 25.9 Å². The lowest BCUT2D eigenvalue weighted by atomic mass is 10.1. The van der Waals surface area contributed by atoms with Crippen LogP contribution in [-0.2, 0) is 11.3 Å². The van der Waals surface area contributed by atoms with E-state index in [2.05, 4.69) is 10.2 Å². The maximum absolute atomic E-state index is 12.9. The van der Waals surface area contributed by atoms with Gasteiger partial charge in [0, 0.05) is 13.6 Å². The van der Waals surface area contributed by atoms with Crippen LogP contribution in [0.3, 0.4) is 0 Å². The van der Waals surface area contributed by atoms with Gasteiger partial charge >= 0.3 is 0 Å². The molecule has 0 spiro atoms. The van der Waals surface area contributed by atoms with E-state index in [-0.39, 0.29) is 17.8 Å². The molecule has 1 aliphatic heterocycles. The normalized spacial score (nSPS) is 16.3. The Morgan fingerprint density at radius 3 is 2.79 bits per heavy atom. The van der Waals surface area contributed by atoms with Crippen molar-refractivity contribution in [2.75, 3.05) is 18.6 Å². The van der Waals surface area contributed by atoms with Gasteiger partial charge in [-0.05, 0) is 42.3 Å². The van der Waals surface area contributed by atoms with Crippen molar-refractivity contribution in [3.8, 4) is 5.75 Å². The minimum Gasteiger partial charge on any atom is -0.489 e. The molecule has 1 atom stereocenters. The van der Waals surface area contributed by atoms with E-state index in [9.17, 15) is 9.18 Å². The fourth-order valence-corrected chi connectivity index (χ4v) is 2.81. The van der Waals surface area contributed by atoms with Gasteiger partial charge in [-0.25, -0.2) is 4.39 Å². The number of likely N-dealkylation sites (N-methyl/N-ethyl adjacent to an activating group) is 1. The summed E-state index contributed by atoms with van der Waals surface area (Å²) in [4.78, 5) is 14.3. The van der Waals surface area contributed by atoms with E-state index in [1.165, 1.54) is 12.1 Å². The van der Waals surface area contributed by atoms with Crippen molar-refractivity contribution in [1.82, 2.24) is 5.32 Å². The highest BCUT2D eigenvalue weighted by Gasteiger charge is 2.26. The van der Waals surface area contributed by atoms with Crippen LogP contribution in [0.15, 0.2) is 42.5 Å². The van der Waals surface area contributed by atoms with Crippen LogP contribution in [0.1, 0.15) is 17.5 Å². The van der Waals surface area contributed by atoms with Crippen LogP contribution >= 0.6 is 0 Å². The summed E-state index contributed by atoms with van der Waals surface area (Å²) in [5.74, 6) is 0.538. The third-order valence-electron chi connectivity index (χ3n) is 4.30. The molecule has 0 saturated carbocycles. The SMILES string of the molecule is Cc1ccc2c(c1)OCC(CC(=O)NCc1ccc(F)cc1)N2C. The highest BCUT2D eigenvalue weighted by molar-refractivity contribution is 5.77. The van der Waals surface area contributed by atoms with E-state index in [4.69, 9.17) is 4.74 Å². The molecule has 1 N–H and O–H groups in total. The Morgan fingerprint density at radius 2 is 2.04 bits per heavy atom. The summed E-state index contributed by atoms with van der Waals surface area (Å²) in [6.07, 6.45) is 0.352. The minimum absolute atomic E-state index is 0.00609. The monoisotopic (exact) mass is 328 g/mol. The summed E-state index contributed by atoms with van der Waals surface area (Å²) in [6, 6.07) is 12.2. The number of benzene rings is 2. The molecule has 0 bridgehead atoms. The predicted octanol–water partition coefficient (Wildman–Crippen LogP) is 3.04. The Balaban J connectivity index is 1.57. The number of hydrogen-bond donors (Lipinski definition) is 1. The average molecular weight is 328 g/mol. The van der Waals surface area contributed by atoms with Gasteiger partial charge in [-0.1, -0.05) is 18.2 Å². The fourth-order valence-electron chi connectivity index (χ4n) is 2.81. The topological polar surface area (TPSA) is 41.6 Å². The van der Waals surface area contributed by atoms with Gasteiger partial charge in [0.05, 0.1) is 18.2 Å². The second-order valence-electron chi connectivity index (χ2n) is 6.15. The molecule has 0 aromatic heterocycles. The molecule has 1 aliphatic rings. The third-order valence-corrected chi connectivity index (χ3v) is 4.30. The number of halogens is 1. The lowest BCUT2D eigenvalue weighted by Crippen LogP contribution is -2.43. The maximum atomic E-state index is 12.9. The smallest absolute Gasteiger partial charge is 0.222 e. The first-order valence-corrected chi connectivity index (χ1v) is 8.00. The largest absolute Gasteiger partial charge is 0.489 e. The average Bonchev–Trinajstić information content (AvgIpc) is 2.57. The first kappa shape index (κ1) is 16.3. The number of aryl methyl sites for hydroxylation is 1. The summed E-state index contributed by atoms with van der Waals surface area (Å²) in [5, 5.41) is 2.88. The maximum Gasteiger partial charge on any atom is 0.222 e. The quantitative estimate of drug-likeness (QED) is 0.938. The molecule has 1 unspecified atom stereocenters. The summed E-state index contributed by atoms with van der Waals surface area (Å²) < 4.78 is 18.7. The van der Waals surface area contributed by atoms with Crippen molar-refractivity contribution in [3.63, 3.8) is 0 Å². The lowest BCUT2D eigenvalue weighted by Gasteiger charge is -2.35. The zero-order valence-corrected chi connectivity index (χ0v) is 13.9. The molecule has 3 rings (SSSR count). The van der Waals surface area contributed by atoms with Gasteiger partial charge in [0.1, 0.15) is 18.2 Å². The van der Waals surface area contributed by atoms with Crippen molar-refractivity contribution in [3.05, 3.63) is 59.4 Å². The van der Waals surface area contributed by atoms with Crippen LogP contribution in [0.2, 0.25) is 0 Å². The standard InChI is InChI=1S/C19H21FN2O2/c1-13-3-8-17-18(9-13)24-12-16(22(17)2)10-19(23)21-11-14-4-6-15(20)7-5-14/h3-9,16H,10-12H2,1-2H3,(H,21,23). The number of carbonyl (C=O) groups excluding carboxylic acids is 1. The molecule has 24 heavy (non-hydrogen) atoms. The number of fused-ring (bicyclic) bond motifs is 1. The van der Waals surface area contributed by atoms with E-state index in [1.807, 2.05) is 32.2 Å². The molecule has 0 saturated heterocycles. The molecule has 126 valence electrons. The van der Waals surface area contributed by atoms with Crippen LogP contribution in [0.5, 0.6) is 5.75 Å². The van der Waals surface area contributed by atoms with E-state index in [0.717, 1.165) is 22.6 Å². The number of hydrogen-bond acceptors (Lipinski definition) is 3. The Bertz CT molecular complexity index is 731. The van der Waals surface area contributed by atoms with Crippen LogP contribution in [0.4, 0.5) is 10.1 Å². The van der Waals surface area contributed by atoms with Gasteiger partial charge in [0.15, 0.2) is 0 Å². The van der Waals surface area contributed by atoms with Gasteiger partial charge in [0.25, 0.3) is 0 Å². The Kier molecular flexibility index (Phi) is 4.69. The molecule has 1 amide bonds. The summed E-state index contributed by atoms with van der Waals surface area (Å²) in [5.41, 5.74) is 3.03. The molecule has 4 nitrogen and oxygen atoms in total. The van der Waals surface area contributed by atoms with Gasteiger partial charge in [-0.15, -0.1) is 0 Å². The van der Waals surface area contributed by atoms with Crippen LogP contribution in [-0.4, -0.2) is 25.6 Å². The van der Waals surface area contributed by atoms with E-state index >= 15 is 0 Å². The number of nitrogens with zero attached hydrogens (tertiary/aromatic N) is 1. The first-order valence-electron chi connectivity index (χ1n) is 8.00. The van der Waals surface area contributed by atoms with Crippen LogP contribution in [0, 0.1) is 12.7 Å². The fraction of sp³-hybridized carbons (Fsp3) is 0.316. The van der Waals surface area contributed by atoms with Crippen molar-refractivity contribution in [1.29, 1.82) is 0 Å². The van der Waals surface area contributed by atoms with Crippen LogP contribution < -0.4 is 15.0 Å². The number of carbonyl (C=O) groups is 1. The second-order valence-corrected chi connectivity index (χ2v) is 6.15. The Morgan fingerprint density at radius 1 is 1.29 bits per heavy atom. The van der Waals surface area contributed by atoms with Gasteiger partial charge in [0.2, 0.25) is 5.91 Å². The number of ether oxygens (including phenoxy) is 1. The zero-order chi connectivity index (χ0) is 17.1. The summed E-state index contributed by atoms with van der Waals surface area (Å²) in [6.45, 7) is 2.90. The van der Waals surface area contributed by atoms with Gasteiger partial charge in [-0.2, -0.15) is 0 Å². The minimum atomic E-state index is -0.278. The molecule has 0 aliphatic carbocycles. The number of rotatable bonds is 4. The first-order chi connectivity index (χ1) is 11.5. The predicted molar refractivity (Wildman–Crippen MR) is 91.7 cm³/mol. The van der Waals surface area contributed by atoms with E-state index in [1.54, 1.807) is 12.1 Å². The third kappa shape index (κ3) is 3.67. The zero-order valence-electron chi connectivity index (χ0n) is 13.9. The second kappa shape index (κ2) is 6.91. The van der Waals surface area contributed by atoms with Crippen molar-refractivity contribution in [2.24, 2.45) is 0 Å². The number of amides is 1. The molecular formula is C19H21FN2O2. The summed E-state index contributed by atoms with van der Waals surface area (Å²) >= 11 is 0. The summed E-state index contributed by atoms with van der Waals surface area (Å²) in [7, 11) is 1.98. The molecule has 1 heterocycles. The highest BCUT2D eigenvalue weighted by Crippen LogP contribution is 2.34. The number of anilines is 1. The van der Waals surface area contributed by atoms with E-state index in [0.29, 0.717) is 19.6 Å². The molecule has 2 aromatic carbocycles. The molecule has 0 fully saturated rings. The van der Waals surface area contributed by atoms with Gasteiger partial charge < -0.3 is 15.0 Å². The highest BCUT2D eigenvalue weighted by atomic mass is 19.1. The molecule has 0 radical (unpaired) electrons. The van der Waals surface area contributed by atoms with Crippen molar-refractivity contribution >= 4 is 11.6 Å². The van der Waals surface area contributed by atoms with Crippen LogP contribution in [0.25, 0.3) is 0 Å². The van der Waals surface area contributed by atoms with E-state index < -0.39 is 0 Å². The molecule has 5 heteroatoms. The van der Waals surface area contributed by atoms with Crippen molar-refractivity contribution < 1.29 is 13.9 Å². The van der Waals surface area contributed by atoms with Gasteiger partial charge in [-0.3, -0.25) is 4.79 Å². The Hall–Kier alpha value is -2.56. The number of nitrogens with one attached hydrogen (secondary N) is 1. The molecular weight excluding hydrogens is 307 g/mol. The Labute approximate surface area is 141 Å². The molecule has 2 aromatic rings.